The molecule has 2 heterocycles. The van der Waals surface area contributed by atoms with Crippen LogP contribution in [0.15, 0.2) is 84.1 Å². The van der Waals surface area contributed by atoms with Gasteiger partial charge in [0.2, 0.25) is 5.91 Å². The maximum Gasteiger partial charge on any atom is 0.573 e. The zero-order valence-corrected chi connectivity index (χ0v) is 22.6. The van der Waals surface area contributed by atoms with Crippen LogP contribution in [0, 0.1) is 0 Å². The molecule has 1 saturated heterocycles. The highest BCUT2D eigenvalue weighted by atomic mass is 32.2. The average molecular weight is 581 g/mol. The van der Waals surface area contributed by atoms with Crippen LogP contribution in [-0.4, -0.2) is 44.0 Å². The quantitative estimate of drug-likeness (QED) is 0.275. The lowest BCUT2D eigenvalue weighted by atomic mass is 10.0. The van der Waals surface area contributed by atoms with Gasteiger partial charge in [-0.2, -0.15) is 4.99 Å². The van der Waals surface area contributed by atoms with Gasteiger partial charge in [-0.25, -0.2) is 14.5 Å². The van der Waals surface area contributed by atoms with E-state index >= 15 is 0 Å². The van der Waals surface area contributed by atoms with E-state index in [2.05, 4.69) is 25.1 Å². The summed E-state index contributed by atoms with van der Waals surface area (Å²) in [6, 6.07) is 18.9. The number of thioether (sulfide) groups is 1. The second-order valence-corrected chi connectivity index (χ2v) is 10.1. The molecule has 0 unspecified atom stereocenters. The summed E-state index contributed by atoms with van der Waals surface area (Å²) >= 11 is 1.21. The predicted molar refractivity (Wildman–Crippen MR) is 150 cm³/mol. The van der Waals surface area contributed by atoms with Gasteiger partial charge in [0, 0.05) is 11.3 Å². The van der Waals surface area contributed by atoms with Crippen LogP contribution in [0.1, 0.15) is 25.3 Å². The van der Waals surface area contributed by atoms with Crippen LogP contribution in [0.4, 0.5) is 29.3 Å². The SMILES string of the molecule is CC(C)c1ccccc1N1C(=O)CS/C1=N/C(=O)Nc1ccc(-c2ncn(-c3ccc(OC(F)(F)F)cc3)n2)cc1. The van der Waals surface area contributed by atoms with Crippen molar-refractivity contribution in [2.75, 3.05) is 16.0 Å². The Hall–Kier alpha value is -4.65. The van der Waals surface area contributed by atoms with Crippen LogP contribution in [0.5, 0.6) is 5.75 Å². The second kappa shape index (κ2) is 11.5. The number of carbonyl (C=O) groups excluding carboxylic acids is 2. The molecular formula is C28H23F3N6O3S. The Morgan fingerprint density at radius 2 is 1.76 bits per heavy atom. The van der Waals surface area contributed by atoms with E-state index in [-0.39, 0.29) is 23.3 Å². The van der Waals surface area contributed by atoms with Crippen molar-refractivity contribution in [3.63, 3.8) is 0 Å². The van der Waals surface area contributed by atoms with Gasteiger partial charge in [-0.3, -0.25) is 9.69 Å². The van der Waals surface area contributed by atoms with Crippen molar-refractivity contribution in [2.24, 2.45) is 4.99 Å². The number of ether oxygens (including phenoxy) is 1. The Morgan fingerprint density at radius 1 is 1.05 bits per heavy atom. The minimum atomic E-state index is -4.77. The lowest BCUT2D eigenvalue weighted by Gasteiger charge is -2.21. The van der Waals surface area contributed by atoms with E-state index in [4.69, 9.17) is 0 Å². The van der Waals surface area contributed by atoms with Crippen molar-refractivity contribution in [3.05, 3.63) is 84.7 Å². The van der Waals surface area contributed by atoms with Crippen LogP contribution < -0.4 is 15.0 Å². The van der Waals surface area contributed by atoms with Crippen molar-refractivity contribution in [2.45, 2.75) is 26.1 Å². The summed E-state index contributed by atoms with van der Waals surface area (Å²) in [7, 11) is 0. The summed E-state index contributed by atoms with van der Waals surface area (Å²) in [4.78, 5) is 35.3. The average Bonchev–Trinajstić information content (AvgIpc) is 3.56. The minimum Gasteiger partial charge on any atom is -0.406 e. The van der Waals surface area contributed by atoms with E-state index in [0.29, 0.717) is 33.6 Å². The molecule has 1 aliphatic heterocycles. The molecule has 0 bridgehead atoms. The van der Waals surface area contributed by atoms with Crippen molar-refractivity contribution >= 4 is 40.2 Å². The van der Waals surface area contributed by atoms with Crippen LogP contribution in [0.3, 0.4) is 0 Å². The fraction of sp³-hybridized carbons (Fsp3) is 0.179. The Balaban J connectivity index is 1.26. The summed E-state index contributed by atoms with van der Waals surface area (Å²) in [5.74, 6) is 0.266. The number of aliphatic imine (C=N–C) groups is 1. The Kier molecular flexibility index (Phi) is 7.79. The minimum absolute atomic E-state index is 0.142. The number of para-hydroxylation sites is 1. The van der Waals surface area contributed by atoms with Crippen LogP contribution in [0.25, 0.3) is 17.1 Å². The number of benzene rings is 3. The van der Waals surface area contributed by atoms with Gasteiger partial charge in [-0.1, -0.05) is 43.8 Å². The number of amides is 3. The molecule has 41 heavy (non-hydrogen) atoms. The fourth-order valence-corrected chi connectivity index (χ4v) is 4.98. The number of amidine groups is 1. The monoisotopic (exact) mass is 580 g/mol. The highest BCUT2D eigenvalue weighted by Crippen LogP contribution is 2.33. The zero-order chi connectivity index (χ0) is 29.1. The molecule has 1 N–H and O–H groups in total. The molecule has 1 aromatic heterocycles. The van der Waals surface area contributed by atoms with Gasteiger partial charge in [0.1, 0.15) is 12.1 Å². The van der Waals surface area contributed by atoms with E-state index in [9.17, 15) is 22.8 Å². The second-order valence-electron chi connectivity index (χ2n) is 9.19. The van der Waals surface area contributed by atoms with Crippen molar-refractivity contribution in [1.82, 2.24) is 14.8 Å². The molecule has 0 radical (unpaired) electrons. The van der Waals surface area contributed by atoms with Crippen molar-refractivity contribution in [1.29, 1.82) is 0 Å². The normalized spacial score (nSPS) is 14.6. The highest BCUT2D eigenvalue weighted by molar-refractivity contribution is 8.15. The molecule has 9 nitrogen and oxygen atoms in total. The lowest BCUT2D eigenvalue weighted by molar-refractivity contribution is -0.274. The molecule has 0 atom stereocenters. The van der Waals surface area contributed by atoms with Crippen LogP contribution in [-0.2, 0) is 4.79 Å². The number of urea groups is 1. The molecular weight excluding hydrogens is 557 g/mol. The van der Waals surface area contributed by atoms with Gasteiger partial charge < -0.3 is 10.1 Å². The largest absolute Gasteiger partial charge is 0.573 e. The Bertz CT molecular complexity index is 1600. The van der Waals surface area contributed by atoms with E-state index in [1.165, 1.54) is 51.9 Å². The molecule has 0 saturated carbocycles. The van der Waals surface area contributed by atoms with E-state index in [1.807, 2.05) is 38.1 Å². The number of aromatic nitrogens is 3. The molecule has 0 spiro atoms. The number of alkyl halides is 3. The van der Waals surface area contributed by atoms with E-state index < -0.39 is 12.4 Å². The maximum absolute atomic E-state index is 12.7. The Labute approximate surface area is 237 Å². The fourth-order valence-electron chi connectivity index (χ4n) is 4.12. The van der Waals surface area contributed by atoms with Crippen LogP contribution in [0.2, 0.25) is 0 Å². The molecule has 5 rings (SSSR count). The number of nitrogens with one attached hydrogen (secondary N) is 1. The first-order valence-corrected chi connectivity index (χ1v) is 13.4. The van der Waals surface area contributed by atoms with Crippen LogP contribution >= 0.6 is 11.8 Å². The smallest absolute Gasteiger partial charge is 0.406 e. The number of carbonyl (C=O) groups is 2. The number of nitrogens with zero attached hydrogens (tertiary/aromatic N) is 5. The summed E-state index contributed by atoms with van der Waals surface area (Å²) in [6.07, 6.45) is -3.33. The summed E-state index contributed by atoms with van der Waals surface area (Å²) in [5.41, 5.74) is 3.32. The molecule has 1 aliphatic rings. The molecule has 4 aromatic rings. The van der Waals surface area contributed by atoms with E-state index in [0.717, 1.165) is 5.56 Å². The lowest BCUT2D eigenvalue weighted by Crippen LogP contribution is -2.31. The van der Waals surface area contributed by atoms with Gasteiger partial charge in [0.25, 0.3) is 0 Å². The molecule has 0 aliphatic carbocycles. The van der Waals surface area contributed by atoms with Gasteiger partial charge in [0.05, 0.1) is 17.1 Å². The third-order valence-electron chi connectivity index (χ3n) is 5.98. The zero-order valence-electron chi connectivity index (χ0n) is 21.8. The molecule has 3 amide bonds. The molecule has 210 valence electrons. The maximum atomic E-state index is 12.7. The third-order valence-corrected chi connectivity index (χ3v) is 6.91. The molecule has 3 aromatic carbocycles. The highest BCUT2D eigenvalue weighted by Gasteiger charge is 2.32. The topological polar surface area (TPSA) is 102 Å². The van der Waals surface area contributed by atoms with E-state index in [1.54, 1.807) is 24.3 Å². The Morgan fingerprint density at radius 3 is 2.44 bits per heavy atom. The standard InChI is InChI=1S/C28H23F3N6O3S/c1-17(2)22-5-3-4-6-23(22)37-24(38)15-41-27(37)34-26(39)33-19-9-7-18(8-10-19)25-32-16-36(35-25)20-11-13-21(14-12-20)40-28(29,30)31/h3-14,16-17H,15H2,1-2H3,(H,33,39)/b34-27+. The van der Waals surface area contributed by atoms with Crippen molar-refractivity contribution < 1.29 is 27.5 Å². The number of anilines is 2. The van der Waals surface area contributed by atoms with Gasteiger partial charge in [0.15, 0.2) is 11.0 Å². The first kappa shape index (κ1) is 27.9. The first-order chi connectivity index (χ1) is 19.6. The van der Waals surface area contributed by atoms with Gasteiger partial charge in [-0.05, 0) is 66.1 Å². The number of hydrogen-bond donors (Lipinski definition) is 1. The first-order valence-electron chi connectivity index (χ1n) is 12.4. The molecule has 1 fully saturated rings. The van der Waals surface area contributed by atoms with Crippen molar-refractivity contribution in [3.8, 4) is 22.8 Å². The third kappa shape index (κ3) is 6.57. The predicted octanol–water partition coefficient (Wildman–Crippen LogP) is 6.62. The number of hydrogen-bond acceptors (Lipinski definition) is 6. The summed E-state index contributed by atoms with van der Waals surface area (Å²) in [5, 5.41) is 7.39. The molecule has 13 heteroatoms. The summed E-state index contributed by atoms with van der Waals surface area (Å²) < 4.78 is 42.4. The number of rotatable bonds is 6. The number of halogens is 3. The summed E-state index contributed by atoms with van der Waals surface area (Å²) in [6.45, 7) is 4.07. The van der Waals surface area contributed by atoms with Gasteiger partial charge >= 0.3 is 12.4 Å². The van der Waals surface area contributed by atoms with Gasteiger partial charge in [-0.15, -0.1) is 18.3 Å².